The minimum atomic E-state index is -1.22. The molecule has 0 bridgehead atoms. The van der Waals surface area contributed by atoms with Crippen molar-refractivity contribution in [1.29, 1.82) is 0 Å². The number of hydrogen-bond acceptors (Lipinski definition) is 3. The number of nitrogens with one attached hydrogen (secondary N) is 1. The third-order valence-corrected chi connectivity index (χ3v) is 2.08. The second kappa shape index (κ2) is 6.40. The number of aliphatic carboxylic acids is 1. The van der Waals surface area contributed by atoms with Gasteiger partial charge in [-0.2, -0.15) is 0 Å². The van der Waals surface area contributed by atoms with Gasteiger partial charge in [-0.25, -0.2) is 4.79 Å². The fraction of sp³-hybridized carbons (Fsp3) is 0.800. The Morgan fingerprint density at radius 3 is 2.20 bits per heavy atom. The van der Waals surface area contributed by atoms with Crippen molar-refractivity contribution < 1.29 is 19.8 Å². The molecule has 15 heavy (non-hydrogen) atoms. The summed E-state index contributed by atoms with van der Waals surface area (Å²) in [5.41, 5.74) is 0. The molecule has 0 aliphatic rings. The quantitative estimate of drug-likeness (QED) is 0.600. The maximum Gasteiger partial charge on any atom is 0.328 e. The Labute approximate surface area is 89.5 Å². The average Bonchev–Trinajstić information content (AvgIpc) is 2.13. The lowest BCUT2D eigenvalue weighted by molar-refractivity contribution is -0.146. The number of carboxylic acids is 1. The molecule has 0 aromatic rings. The summed E-state index contributed by atoms with van der Waals surface area (Å²) in [7, 11) is 0. The second-order valence-electron chi connectivity index (χ2n) is 3.87. The highest BCUT2D eigenvalue weighted by Gasteiger charge is 2.29. The normalized spacial score (nSPS) is 14.7. The molecular weight excluding hydrogens is 198 g/mol. The van der Waals surface area contributed by atoms with Crippen molar-refractivity contribution in [1.82, 2.24) is 5.32 Å². The van der Waals surface area contributed by atoms with E-state index in [-0.39, 0.29) is 18.2 Å². The molecule has 88 valence electrons. The van der Waals surface area contributed by atoms with Crippen LogP contribution in [0.4, 0.5) is 0 Å². The van der Waals surface area contributed by atoms with Gasteiger partial charge >= 0.3 is 5.97 Å². The monoisotopic (exact) mass is 217 g/mol. The number of rotatable bonds is 6. The van der Waals surface area contributed by atoms with Crippen LogP contribution in [0.25, 0.3) is 0 Å². The smallest absolute Gasteiger partial charge is 0.328 e. The van der Waals surface area contributed by atoms with Gasteiger partial charge in [-0.15, -0.1) is 0 Å². The first-order chi connectivity index (χ1) is 6.90. The number of carbonyl (C=O) groups excluding carboxylic acids is 1. The van der Waals surface area contributed by atoms with Crippen LogP contribution in [0.15, 0.2) is 0 Å². The van der Waals surface area contributed by atoms with E-state index in [2.05, 4.69) is 5.32 Å². The van der Waals surface area contributed by atoms with Crippen LogP contribution in [0.5, 0.6) is 0 Å². The van der Waals surface area contributed by atoms with E-state index < -0.39 is 18.1 Å². The Kier molecular flexibility index (Phi) is 5.93. The maximum absolute atomic E-state index is 11.2. The highest BCUT2D eigenvalue weighted by Crippen LogP contribution is 2.07. The van der Waals surface area contributed by atoms with E-state index in [0.29, 0.717) is 6.42 Å². The molecule has 2 unspecified atom stereocenters. The van der Waals surface area contributed by atoms with Crippen molar-refractivity contribution >= 4 is 11.9 Å². The van der Waals surface area contributed by atoms with Crippen molar-refractivity contribution in [2.75, 3.05) is 0 Å². The predicted molar refractivity (Wildman–Crippen MR) is 55.3 cm³/mol. The lowest BCUT2D eigenvalue weighted by Crippen LogP contribution is -2.50. The first kappa shape index (κ1) is 13.9. The van der Waals surface area contributed by atoms with E-state index >= 15 is 0 Å². The molecule has 5 nitrogen and oxygen atoms in total. The fourth-order valence-corrected chi connectivity index (χ4v) is 1.15. The Balaban J connectivity index is 4.41. The largest absolute Gasteiger partial charge is 0.480 e. The van der Waals surface area contributed by atoms with Gasteiger partial charge in [0.2, 0.25) is 5.91 Å². The van der Waals surface area contributed by atoms with Crippen LogP contribution >= 0.6 is 0 Å². The highest BCUT2D eigenvalue weighted by molar-refractivity contribution is 5.83. The summed E-state index contributed by atoms with van der Waals surface area (Å²) in [5.74, 6) is -1.77. The Morgan fingerprint density at radius 2 is 1.87 bits per heavy atom. The number of aliphatic hydroxyl groups is 1. The molecule has 0 saturated heterocycles. The van der Waals surface area contributed by atoms with Crippen molar-refractivity contribution in [3.05, 3.63) is 0 Å². The number of aliphatic hydroxyl groups excluding tert-OH is 1. The standard InChI is InChI=1S/C10H19NO4/c1-4-5-7(12)11-8(10(14)15)9(13)6(2)3/h6,8-9,13H,4-5H2,1-3H3,(H,11,12)(H,14,15). The van der Waals surface area contributed by atoms with Gasteiger partial charge in [-0.05, 0) is 12.3 Å². The van der Waals surface area contributed by atoms with Gasteiger partial charge in [0.15, 0.2) is 6.04 Å². The molecule has 2 atom stereocenters. The van der Waals surface area contributed by atoms with Gasteiger partial charge in [0, 0.05) is 6.42 Å². The van der Waals surface area contributed by atoms with Crippen LogP contribution in [0.1, 0.15) is 33.6 Å². The molecule has 1 amide bonds. The third kappa shape index (κ3) is 4.78. The van der Waals surface area contributed by atoms with Gasteiger partial charge in [0.25, 0.3) is 0 Å². The lowest BCUT2D eigenvalue weighted by atomic mass is 9.99. The van der Waals surface area contributed by atoms with Crippen LogP contribution in [0.3, 0.4) is 0 Å². The van der Waals surface area contributed by atoms with Gasteiger partial charge in [0.1, 0.15) is 0 Å². The SMILES string of the molecule is CCCC(=O)NC(C(=O)O)C(O)C(C)C. The zero-order valence-corrected chi connectivity index (χ0v) is 9.36. The van der Waals surface area contributed by atoms with Crippen LogP contribution in [-0.4, -0.2) is 34.2 Å². The molecule has 0 aromatic heterocycles. The first-order valence-electron chi connectivity index (χ1n) is 5.10. The molecular formula is C10H19NO4. The zero-order valence-electron chi connectivity index (χ0n) is 9.36. The molecule has 0 radical (unpaired) electrons. The number of carboxylic acid groups (broad SMARTS) is 1. The lowest BCUT2D eigenvalue weighted by Gasteiger charge is -2.23. The van der Waals surface area contributed by atoms with E-state index in [0.717, 1.165) is 0 Å². The first-order valence-corrected chi connectivity index (χ1v) is 5.10. The van der Waals surface area contributed by atoms with Gasteiger partial charge < -0.3 is 15.5 Å². The Morgan fingerprint density at radius 1 is 1.33 bits per heavy atom. The van der Waals surface area contributed by atoms with Crippen LogP contribution < -0.4 is 5.32 Å². The summed E-state index contributed by atoms with van der Waals surface area (Å²) in [5, 5.41) is 20.7. The van der Waals surface area contributed by atoms with Gasteiger partial charge in [-0.1, -0.05) is 20.8 Å². The van der Waals surface area contributed by atoms with Crippen molar-refractivity contribution in [2.24, 2.45) is 5.92 Å². The Bertz CT molecular complexity index is 227. The number of carbonyl (C=O) groups is 2. The molecule has 0 saturated carbocycles. The number of hydrogen-bond donors (Lipinski definition) is 3. The molecule has 5 heteroatoms. The third-order valence-electron chi connectivity index (χ3n) is 2.08. The summed E-state index contributed by atoms with van der Waals surface area (Å²) in [6.45, 7) is 5.23. The molecule has 0 rings (SSSR count). The molecule has 0 heterocycles. The van der Waals surface area contributed by atoms with Crippen molar-refractivity contribution in [2.45, 2.75) is 45.8 Å². The van der Waals surface area contributed by atoms with E-state index in [1.165, 1.54) is 0 Å². The predicted octanol–water partition coefficient (Wildman–Crippen LogP) is 0.373. The van der Waals surface area contributed by atoms with Crippen LogP contribution in [0, 0.1) is 5.92 Å². The van der Waals surface area contributed by atoms with Gasteiger partial charge in [-0.3, -0.25) is 4.79 Å². The number of amides is 1. The van der Waals surface area contributed by atoms with E-state index in [4.69, 9.17) is 5.11 Å². The van der Waals surface area contributed by atoms with Gasteiger partial charge in [0.05, 0.1) is 6.10 Å². The molecule has 0 spiro atoms. The second-order valence-corrected chi connectivity index (χ2v) is 3.87. The zero-order chi connectivity index (χ0) is 12.0. The van der Waals surface area contributed by atoms with E-state index in [9.17, 15) is 14.7 Å². The summed E-state index contributed by atoms with van der Waals surface area (Å²) in [6.07, 6.45) is -0.145. The average molecular weight is 217 g/mol. The molecule has 3 N–H and O–H groups in total. The van der Waals surface area contributed by atoms with E-state index in [1.807, 2.05) is 6.92 Å². The topological polar surface area (TPSA) is 86.6 Å². The summed E-state index contributed by atoms with van der Waals surface area (Å²) in [6, 6.07) is -1.22. The molecule has 0 aliphatic carbocycles. The summed E-state index contributed by atoms with van der Waals surface area (Å²) >= 11 is 0. The van der Waals surface area contributed by atoms with Crippen molar-refractivity contribution in [3.8, 4) is 0 Å². The minimum Gasteiger partial charge on any atom is -0.480 e. The molecule has 0 fully saturated rings. The van der Waals surface area contributed by atoms with Crippen LogP contribution in [-0.2, 0) is 9.59 Å². The highest BCUT2D eigenvalue weighted by atomic mass is 16.4. The summed E-state index contributed by atoms with van der Waals surface area (Å²) < 4.78 is 0. The minimum absolute atomic E-state index is 0.215. The van der Waals surface area contributed by atoms with Crippen molar-refractivity contribution in [3.63, 3.8) is 0 Å². The maximum atomic E-state index is 11.2. The van der Waals surface area contributed by atoms with Crippen LogP contribution in [0.2, 0.25) is 0 Å². The van der Waals surface area contributed by atoms with E-state index in [1.54, 1.807) is 13.8 Å². The molecule has 0 aliphatic heterocycles. The fourth-order valence-electron chi connectivity index (χ4n) is 1.15. The summed E-state index contributed by atoms with van der Waals surface area (Å²) in [4.78, 5) is 22.0. The molecule has 0 aromatic carbocycles. The Hall–Kier alpha value is -1.10.